The molecular formula is C19H25N5O2. The first-order chi connectivity index (χ1) is 12.8. The van der Waals surface area contributed by atoms with Gasteiger partial charge in [0, 0.05) is 43.3 Å². The van der Waals surface area contributed by atoms with Crippen LogP contribution in [0.15, 0.2) is 24.5 Å². The first kappa shape index (κ1) is 17.2. The second kappa shape index (κ2) is 7.97. The molecule has 2 aromatic heterocycles. The molecule has 0 aromatic carbocycles. The molecule has 4 rings (SSSR count). The van der Waals surface area contributed by atoms with Gasteiger partial charge in [0.15, 0.2) is 5.69 Å². The van der Waals surface area contributed by atoms with Crippen LogP contribution in [0.25, 0.3) is 0 Å². The minimum atomic E-state index is -0.0912. The Morgan fingerprint density at radius 2 is 2.15 bits per heavy atom. The molecule has 1 aliphatic heterocycles. The number of aromatic nitrogens is 3. The van der Waals surface area contributed by atoms with Crippen molar-refractivity contribution < 1.29 is 9.53 Å². The summed E-state index contributed by atoms with van der Waals surface area (Å²) >= 11 is 0. The minimum Gasteiger partial charge on any atom is -0.379 e. The monoisotopic (exact) mass is 355 g/mol. The summed E-state index contributed by atoms with van der Waals surface area (Å²) in [6.07, 6.45) is 7.86. The largest absolute Gasteiger partial charge is 0.379 e. The van der Waals surface area contributed by atoms with E-state index in [-0.39, 0.29) is 11.9 Å². The summed E-state index contributed by atoms with van der Waals surface area (Å²) in [6.45, 7) is 3.68. The molecule has 7 nitrogen and oxygen atoms in total. The van der Waals surface area contributed by atoms with E-state index in [9.17, 15) is 4.79 Å². The van der Waals surface area contributed by atoms with E-state index in [0.717, 1.165) is 68.8 Å². The first-order valence-electron chi connectivity index (χ1n) is 9.39. The summed E-state index contributed by atoms with van der Waals surface area (Å²) in [5.74, 6) is -0.0912. The highest BCUT2D eigenvalue weighted by Crippen LogP contribution is 2.23. The Bertz CT molecular complexity index is 740. The van der Waals surface area contributed by atoms with Crippen LogP contribution in [0.2, 0.25) is 0 Å². The number of nitrogens with one attached hydrogen (secondary N) is 2. The third-order valence-corrected chi connectivity index (χ3v) is 5.28. The molecule has 2 aromatic rings. The number of aryl methyl sites for hydroxylation is 1. The van der Waals surface area contributed by atoms with Gasteiger partial charge in [0.2, 0.25) is 0 Å². The Balaban J connectivity index is 1.47. The number of fused-ring (bicyclic) bond motifs is 1. The Kier molecular flexibility index (Phi) is 5.26. The van der Waals surface area contributed by atoms with Crippen molar-refractivity contribution in [2.45, 2.75) is 31.7 Å². The van der Waals surface area contributed by atoms with Gasteiger partial charge in [-0.15, -0.1) is 0 Å². The van der Waals surface area contributed by atoms with E-state index in [1.54, 1.807) is 6.20 Å². The minimum absolute atomic E-state index is 0.0892. The quantitative estimate of drug-likeness (QED) is 0.849. The van der Waals surface area contributed by atoms with E-state index < -0.39 is 0 Å². The van der Waals surface area contributed by atoms with E-state index in [1.807, 2.05) is 12.3 Å². The van der Waals surface area contributed by atoms with Crippen LogP contribution in [0.5, 0.6) is 0 Å². The van der Waals surface area contributed by atoms with Crippen LogP contribution in [0.4, 0.5) is 0 Å². The van der Waals surface area contributed by atoms with Gasteiger partial charge in [0.25, 0.3) is 5.91 Å². The van der Waals surface area contributed by atoms with Crippen LogP contribution in [0.3, 0.4) is 0 Å². The van der Waals surface area contributed by atoms with Crippen molar-refractivity contribution >= 4 is 5.91 Å². The van der Waals surface area contributed by atoms with Crippen molar-refractivity contribution in [2.24, 2.45) is 0 Å². The number of amides is 1. The molecule has 1 unspecified atom stereocenters. The van der Waals surface area contributed by atoms with Gasteiger partial charge in [0.1, 0.15) is 0 Å². The molecule has 0 spiro atoms. The average Bonchev–Trinajstić information content (AvgIpc) is 3.14. The highest BCUT2D eigenvalue weighted by Gasteiger charge is 2.26. The molecule has 1 saturated heterocycles. The van der Waals surface area contributed by atoms with E-state index in [0.29, 0.717) is 12.2 Å². The van der Waals surface area contributed by atoms with Crippen molar-refractivity contribution in [3.63, 3.8) is 0 Å². The second-order valence-corrected chi connectivity index (χ2v) is 6.90. The van der Waals surface area contributed by atoms with E-state index in [1.165, 1.54) is 0 Å². The lowest BCUT2D eigenvalue weighted by molar-refractivity contribution is 0.0161. The number of ether oxygens (including phenoxy) is 1. The summed E-state index contributed by atoms with van der Waals surface area (Å²) in [5, 5.41) is 10.4. The zero-order valence-corrected chi connectivity index (χ0v) is 14.9. The number of hydrogen-bond donors (Lipinski definition) is 2. The molecule has 1 atom stereocenters. The molecule has 26 heavy (non-hydrogen) atoms. The summed E-state index contributed by atoms with van der Waals surface area (Å²) in [7, 11) is 0. The van der Waals surface area contributed by atoms with Crippen molar-refractivity contribution in [1.82, 2.24) is 25.4 Å². The molecule has 2 aliphatic rings. The van der Waals surface area contributed by atoms with Gasteiger partial charge in [-0.3, -0.25) is 19.8 Å². The third-order valence-electron chi connectivity index (χ3n) is 5.28. The van der Waals surface area contributed by atoms with Gasteiger partial charge < -0.3 is 10.1 Å². The maximum absolute atomic E-state index is 12.7. The smallest absolute Gasteiger partial charge is 0.272 e. The van der Waals surface area contributed by atoms with Crippen molar-refractivity contribution in [2.75, 3.05) is 32.8 Å². The SMILES string of the molecule is O=C(NCC(c1cccnc1)N1CCOCC1)c1n[nH]c2c1CCCC2. The molecule has 138 valence electrons. The van der Waals surface area contributed by atoms with Gasteiger partial charge in [0.05, 0.1) is 19.3 Å². The van der Waals surface area contributed by atoms with Gasteiger partial charge in [-0.1, -0.05) is 6.07 Å². The predicted molar refractivity (Wildman–Crippen MR) is 96.9 cm³/mol. The summed E-state index contributed by atoms with van der Waals surface area (Å²) < 4.78 is 5.47. The standard InChI is InChI=1S/C19H25N5O2/c25-19(18-15-5-1-2-6-16(15)22-23-18)21-13-17(14-4-3-7-20-12-14)24-8-10-26-11-9-24/h3-4,7,12,17H,1-2,5-6,8-11,13H2,(H,21,25)(H,22,23). The van der Waals surface area contributed by atoms with E-state index >= 15 is 0 Å². The molecule has 0 bridgehead atoms. The van der Waals surface area contributed by atoms with Gasteiger partial charge >= 0.3 is 0 Å². The molecule has 1 aliphatic carbocycles. The summed E-state index contributed by atoms with van der Waals surface area (Å²) in [4.78, 5) is 19.3. The Hall–Kier alpha value is -2.25. The molecule has 1 fully saturated rings. The zero-order chi connectivity index (χ0) is 17.8. The number of morpholine rings is 1. The lowest BCUT2D eigenvalue weighted by atomic mass is 9.95. The van der Waals surface area contributed by atoms with Crippen LogP contribution >= 0.6 is 0 Å². The predicted octanol–water partition coefficient (Wildman–Crippen LogP) is 1.49. The van der Waals surface area contributed by atoms with Crippen molar-refractivity contribution in [3.05, 3.63) is 47.0 Å². The average molecular weight is 355 g/mol. The number of rotatable bonds is 5. The fourth-order valence-electron chi connectivity index (χ4n) is 3.86. The van der Waals surface area contributed by atoms with Crippen molar-refractivity contribution in [3.8, 4) is 0 Å². The van der Waals surface area contributed by atoms with Crippen LogP contribution in [0.1, 0.15) is 46.2 Å². The Morgan fingerprint density at radius 1 is 1.31 bits per heavy atom. The maximum Gasteiger partial charge on any atom is 0.272 e. The van der Waals surface area contributed by atoms with Crippen LogP contribution in [-0.2, 0) is 17.6 Å². The molecule has 3 heterocycles. The number of aromatic amines is 1. The zero-order valence-electron chi connectivity index (χ0n) is 14.9. The van der Waals surface area contributed by atoms with E-state index in [2.05, 4.69) is 31.5 Å². The number of carbonyl (C=O) groups is 1. The van der Waals surface area contributed by atoms with Crippen LogP contribution in [0, 0.1) is 0 Å². The first-order valence-corrected chi connectivity index (χ1v) is 9.39. The van der Waals surface area contributed by atoms with E-state index in [4.69, 9.17) is 4.74 Å². The molecule has 0 saturated carbocycles. The molecule has 7 heteroatoms. The summed E-state index contributed by atoms with van der Waals surface area (Å²) in [6, 6.07) is 4.09. The fraction of sp³-hybridized carbons (Fsp3) is 0.526. The lowest BCUT2D eigenvalue weighted by Gasteiger charge is -2.34. The van der Waals surface area contributed by atoms with Gasteiger partial charge in [-0.05, 0) is 37.3 Å². The number of H-pyrrole nitrogens is 1. The summed E-state index contributed by atoms with van der Waals surface area (Å²) in [5.41, 5.74) is 3.89. The highest BCUT2D eigenvalue weighted by molar-refractivity contribution is 5.94. The topological polar surface area (TPSA) is 83.1 Å². The molecule has 0 radical (unpaired) electrons. The number of hydrogen-bond acceptors (Lipinski definition) is 5. The van der Waals surface area contributed by atoms with Crippen LogP contribution in [-0.4, -0.2) is 58.8 Å². The lowest BCUT2D eigenvalue weighted by Crippen LogP contribution is -2.44. The fourth-order valence-corrected chi connectivity index (χ4v) is 3.86. The third kappa shape index (κ3) is 3.64. The number of nitrogens with zero attached hydrogens (tertiary/aromatic N) is 3. The Morgan fingerprint density at radius 3 is 2.96 bits per heavy atom. The highest BCUT2D eigenvalue weighted by atomic mass is 16.5. The normalized spacial score (nSPS) is 18.9. The van der Waals surface area contributed by atoms with Crippen LogP contribution < -0.4 is 5.32 Å². The van der Waals surface area contributed by atoms with Gasteiger partial charge in [-0.2, -0.15) is 5.10 Å². The number of pyridine rings is 1. The Labute approximate surface area is 153 Å². The number of carbonyl (C=O) groups excluding carboxylic acids is 1. The van der Waals surface area contributed by atoms with Crippen molar-refractivity contribution in [1.29, 1.82) is 0 Å². The molecular weight excluding hydrogens is 330 g/mol. The second-order valence-electron chi connectivity index (χ2n) is 6.90. The molecule has 2 N–H and O–H groups in total. The maximum atomic E-state index is 12.7. The van der Waals surface area contributed by atoms with Gasteiger partial charge in [-0.25, -0.2) is 0 Å². The molecule has 1 amide bonds.